The summed E-state index contributed by atoms with van der Waals surface area (Å²) in [6.45, 7) is 1.30. The predicted octanol–water partition coefficient (Wildman–Crippen LogP) is 2.37. The van der Waals surface area contributed by atoms with E-state index in [1.54, 1.807) is 12.1 Å². The SMILES string of the molecule is CNS(=O)(=O)c1cccc(C(=O)NCCCn2ccc3ccccc32)c1. The smallest absolute Gasteiger partial charge is 0.251 e. The minimum Gasteiger partial charge on any atom is -0.352 e. The standard InChI is InChI=1S/C19H21N3O3S/c1-20-26(24,25)17-8-4-7-16(14-17)19(23)21-11-5-12-22-13-10-15-6-2-3-9-18(15)22/h2-4,6-10,13-14,20H,5,11-12H2,1H3,(H,21,23). The maximum absolute atomic E-state index is 12.3. The lowest BCUT2D eigenvalue weighted by atomic mass is 10.2. The van der Waals surface area contributed by atoms with Crippen LogP contribution in [0.1, 0.15) is 16.8 Å². The van der Waals surface area contributed by atoms with Gasteiger partial charge in [0.25, 0.3) is 5.91 Å². The fourth-order valence-electron chi connectivity index (χ4n) is 2.81. The van der Waals surface area contributed by atoms with Crippen LogP contribution in [0.5, 0.6) is 0 Å². The van der Waals surface area contributed by atoms with E-state index in [0.717, 1.165) is 13.0 Å². The molecule has 6 nitrogen and oxygen atoms in total. The topological polar surface area (TPSA) is 80.2 Å². The molecule has 2 aromatic carbocycles. The van der Waals surface area contributed by atoms with Crippen LogP contribution in [-0.4, -0.2) is 32.5 Å². The van der Waals surface area contributed by atoms with Crippen molar-refractivity contribution in [1.29, 1.82) is 0 Å². The van der Waals surface area contributed by atoms with Crippen molar-refractivity contribution in [2.45, 2.75) is 17.9 Å². The lowest BCUT2D eigenvalue weighted by Gasteiger charge is -2.08. The fourth-order valence-corrected chi connectivity index (χ4v) is 3.59. The lowest BCUT2D eigenvalue weighted by Crippen LogP contribution is -2.26. The summed E-state index contributed by atoms with van der Waals surface area (Å²) in [6, 6.07) is 16.2. The van der Waals surface area contributed by atoms with E-state index in [1.807, 2.05) is 18.3 Å². The van der Waals surface area contributed by atoms with E-state index in [9.17, 15) is 13.2 Å². The van der Waals surface area contributed by atoms with Crippen LogP contribution in [-0.2, 0) is 16.6 Å². The third-order valence-electron chi connectivity index (χ3n) is 4.22. The maximum atomic E-state index is 12.3. The normalized spacial score (nSPS) is 11.6. The number of rotatable bonds is 7. The molecular formula is C19H21N3O3S. The van der Waals surface area contributed by atoms with E-state index in [1.165, 1.54) is 30.1 Å². The molecule has 0 spiro atoms. The number of aromatic nitrogens is 1. The van der Waals surface area contributed by atoms with Gasteiger partial charge in [-0.2, -0.15) is 0 Å². The van der Waals surface area contributed by atoms with Gasteiger partial charge in [-0.25, -0.2) is 13.1 Å². The van der Waals surface area contributed by atoms with Crippen molar-refractivity contribution in [3.63, 3.8) is 0 Å². The average Bonchev–Trinajstić information content (AvgIpc) is 3.08. The molecular weight excluding hydrogens is 350 g/mol. The zero-order valence-electron chi connectivity index (χ0n) is 14.5. The summed E-state index contributed by atoms with van der Waals surface area (Å²) in [4.78, 5) is 12.3. The Hall–Kier alpha value is -2.64. The highest BCUT2D eigenvalue weighted by Crippen LogP contribution is 2.15. The molecule has 1 heterocycles. The van der Waals surface area contributed by atoms with Gasteiger partial charge in [0.1, 0.15) is 0 Å². The molecule has 1 amide bonds. The summed E-state index contributed by atoms with van der Waals surface area (Å²) in [5.41, 5.74) is 1.50. The summed E-state index contributed by atoms with van der Waals surface area (Å²) < 4.78 is 28.1. The highest BCUT2D eigenvalue weighted by atomic mass is 32.2. The Labute approximate surface area is 152 Å². The van der Waals surface area contributed by atoms with Gasteiger partial charge in [0.05, 0.1) is 4.90 Å². The number of carbonyl (C=O) groups is 1. The van der Waals surface area contributed by atoms with Crippen molar-refractivity contribution in [1.82, 2.24) is 14.6 Å². The molecule has 0 aliphatic carbocycles. The molecule has 0 radical (unpaired) electrons. The first-order chi connectivity index (χ1) is 12.5. The molecule has 1 aromatic heterocycles. The Morgan fingerprint density at radius 3 is 2.69 bits per heavy atom. The van der Waals surface area contributed by atoms with Crippen molar-refractivity contribution >= 4 is 26.8 Å². The number of nitrogens with one attached hydrogen (secondary N) is 2. The molecule has 2 N–H and O–H groups in total. The molecule has 0 fully saturated rings. The molecule has 0 saturated heterocycles. The largest absolute Gasteiger partial charge is 0.352 e. The van der Waals surface area contributed by atoms with Gasteiger partial charge in [-0.1, -0.05) is 24.3 Å². The molecule has 7 heteroatoms. The number of para-hydroxylation sites is 1. The second-order valence-electron chi connectivity index (χ2n) is 5.91. The van der Waals surface area contributed by atoms with E-state index in [2.05, 4.69) is 32.8 Å². The van der Waals surface area contributed by atoms with Crippen LogP contribution in [0.4, 0.5) is 0 Å². The van der Waals surface area contributed by atoms with Crippen LogP contribution in [0, 0.1) is 0 Å². The zero-order chi connectivity index (χ0) is 18.6. The van der Waals surface area contributed by atoms with Crippen molar-refractivity contribution in [3.8, 4) is 0 Å². The number of carbonyl (C=O) groups excluding carboxylic acids is 1. The Balaban J connectivity index is 1.57. The lowest BCUT2D eigenvalue weighted by molar-refractivity contribution is 0.0952. The minimum absolute atomic E-state index is 0.0754. The van der Waals surface area contributed by atoms with Gasteiger partial charge in [0.2, 0.25) is 10.0 Å². The number of aryl methyl sites for hydroxylation is 1. The maximum Gasteiger partial charge on any atom is 0.251 e. The number of sulfonamides is 1. The second-order valence-corrected chi connectivity index (χ2v) is 7.80. The van der Waals surface area contributed by atoms with Crippen LogP contribution in [0.25, 0.3) is 10.9 Å². The van der Waals surface area contributed by atoms with Crippen LogP contribution < -0.4 is 10.0 Å². The third-order valence-corrected chi connectivity index (χ3v) is 5.63. The Morgan fingerprint density at radius 1 is 1.08 bits per heavy atom. The van der Waals surface area contributed by atoms with Crippen LogP contribution >= 0.6 is 0 Å². The summed E-state index contributed by atoms with van der Waals surface area (Å²) >= 11 is 0. The summed E-state index contributed by atoms with van der Waals surface area (Å²) in [6.07, 6.45) is 2.82. The number of amides is 1. The summed E-state index contributed by atoms with van der Waals surface area (Å²) in [7, 11) is -2.22. The van der Waals surface area contributed by atoms with E-state index >= 15 is 0 Å². The minimum atomic E-state index is -3.56. The molecule has 3 rings (SSSR count). The van der Waals surface area contributed by atoms with Gasteiger partial charge < -0.3 is 9.88 Å². The first-order valence-electron chi connectivity index (χ1n) is 8.37. The monoisotopic (exact) mass is 371 g/mol. The molecule has 26 heavy (non-hydrogen) atoms. The number of fused-ring (bicyclic) bond motifs is 1. The molecule has 0 aliphatic heterocycles. The van der Waals surface area contributed by atoms with Gasteiger partial charge in [-0.3, -0.25) is 4.79 Å². The Morgan fingerprint density at radius 2 is 1.88 bits per heavy atom. The molecule has 0 aliphatic rings. The van der Waals surface area contributed by atoms with E-state index in [4.69, 9.17) is 0 Å². The van der Waals surface area contributed by atoms with Crippen molar-refractivity contribution < 1.29 is 13.2 Å². The number of hydrogen-bond acceptors (Lipinski definition) is 3. The average molecular weight is 371 g/mol. The van der Waals surface area contributed by atoms with E-state index < -0.39 is 10.0 Å². The zero-order valence-corrected chi connectivity index (χ0v) is 15.3. The third kappa shape index (κ3) is 3.95. The molecule has 0 bridgehead atoms. The van der Waals surface area contributed by atoms with E-state index in [0.29, 0.717) is 12.1 Å². The molecule has 0 unspecified atom stereocenters. The van der Waals surface area contributed by atoms with Crippen molar-refractivity contribution in [3.05, 3.63) is 66.4 Å². The number of hydrogen-bond donors (Lipinski definition) is 2. The number of nitrogens with zero attached hydrogens (tertiary/aromatic N) is 1. The van der Waals surface area contributed by atoms with Gasteiger partial charge >= 0.3 is 0 Å². The first kappa shape index (κ1) is 18.2. The summed E-state index contributed by atoms with van der Waals surface area (Å²) in [5, 5.41) is 4.03. The highest BCUT2D eigenvalue weighted by Gasteiger charge is 2.14. The molecule has 0 saturated carbocycles. The first-order valence-corrected chi connectivity index (χ1v) is 9.85. The predicted molar refractivity (Wildman–Crippen MR) is 102 cm³/mol. The van der Waals surface area contributed by atoms with Gasteiger partial charge in [-0.05, 0) is 49.2 Å². The Kier molecular flexibility index (Phi) is 5.39. The van der Waals surface area contributed by atoms with Gasteiger partial charge in [0, 0.05) is 30.4 Å². The second kappa shape index (κ2) is 7.72. The van der Waals surface area contributed by atoms with Crippen molar-refractivity contribution in [2.24, 2.45) is 0 Å². The highest BCUT2D eigenvalue weighted by molar-refractivity contribution is 7.89. The van der Waals surface area contributed by atoms with Gasteiger partial charge in [0.15, 0.2) is 0 Å². The van der Waals surface area contributed by atoms with Crippen molar-refractivity contribution in [2.75, 3.05) is 13.6 Å². The summed E-state index contributed by atoms with van der Waals surface area (Å²) in [5.74, 6) is -0.282. The molecule has 0 atom stereocenters. The van der Waals surface area contributed by atoms with E-state index in [-0.39, 0.29) is 10.8 Å². The van der Waals surface area contributed by atoms with Gasteiger partial charge in [-0.15, -0.1) is 0 Å². The molecule has 3 aromatic rings. The van der Waals surface area contributed by atoms with Crippen LogP contribution in [0.15, 0.2) is 65.7 Å². The van der Waals surface area contributed by atoms with Crippen LogP contribution in [0.2, 0.25) is 0 Å². The molecule has 136 valence electrons. The number of benzene rings is 2. The Bertz CT molecular complexity index is 1030. The fraction of sp³-hybridized carbons (Fsp3) is 0.211. The quantitative estimate of drug-likeness (QED) is 0.626. The van der Waals surface area contributed by atoms with Crippen LogP contribution in [0.3, 0.4) is 0 Å².